The van der Waals surface area contributed by atoms with Crippen LogP contribution in [0.15, 0.2) is 83.5 Å². The maximum absolute atomic E-state index is 12.9. The van der Waals surface area contributed by atoms with Gasteiger partial charge in [0.2, 0.25) is 0 Å². The van der Waals surface area contributed by atoms with Crippen LogP contribution in [0.3, 0.4) is 0 Å². The summed E-state index contributed by atoms with van der Waals surface area (Å²) in [6.45, 7) is 1.93. The van der Waals surface area contributed by atoms with Crippen molar-refractivity contribution in [2.24, 2.45) is 0 Å². The fourth-order valence-electron chi connectivity index (χ4n) is 3.27. The van der Waals surface area contributed by atoms with E-state index in [1.165, 1.54) is 0 Å². The topological polar surface area (TPSA) is 78.5 Å². The van der Waals surface area contributed by atoms with Crippen molar-refractivity contribution in [2.45, 2.75) is 6.92 Å². The first-order chi connectivity index (χ1) is 15.3. The Hall–Kier alpha value is -3.61. The summed E-state index contributed by atoms with van der Waals surface area (Å²) in [5.41, 5.74) is 2.64. The van der Waals surface area contributed by atoms with E-state index in [0.29, 0.717) is 16.9 Å². The minimum absolute atomic E-state index is 0.0900. The molecule has 1 heterocycles. The lowest BCUT2D eigenvalue weighted by Crippen LogP contribution is -2.32. The molecule has 3 amide bonds. The number of para-hydroxylation sites is 1. The van der Waals surface area contributed by atoms with Crippen molar-refractivity contribution >= 4 is 58.0 Å². The molecule has 0 saturated heterocycles. The number of anilines is 3. The number of nitrogens with zero attached hydrogens (tertiary/aromatic N) is 1. The number of hydrogen-bond acceptors (Lipinski definition) is 4. The summed E-state index contributed by atoms with van der Waals surface area (Å²) in [5.74, 6) is -1.63. The number of benzene rings is 3. The second-order valence-corrected chi connectivity index (χ2v) is 7.90. The molecule has 0 unspecified atom stereocenters. The van der Waals surface area contributed by atoms with Crippen LogP contribution in [0.1, 0.15) is 15.9 Å². The van der Waals surface area contributed by atoms with Crippen LogP contribution in [-0.2, 0) is 9.59 Å². The van der Waals surface area contributed by atoms with E-state index in [2.05, 4.69) is 10.6 Å². The molecule has 0 fully saturated rings. The quantitative estimate of drug-likeness (QED) is 0.498. The first-order valence-corrected chi connectivity index (χ1v) is 10.4. The zero-order valence-electron chi connectivity index (χ0n) is 16.9. The Bertz CT molecular complexity index is 1290. The molecular formula is C24H17Cl2N3O3. The third-order valence-corrected chi connectivity index (χ3v) is 5.46. The summed E-state index contributed by atoms with van der Waals surface area (Å²) < 4.78 is 0. The molecule has 8 heteroatoms. The molecule has 0 atom stereocenters. The molecule has 2 N–H and O–H groups in total. The van der Waals surface area contributed by atoms with Crippen LogP contribution in [0.4, 0.5) is 17.1 Å². The number of carbonyl (C=O) groups excluding carboxylic acids is 3. The van der Waals surface area contributed by atoms with E-state index in [0.717, 1.165) is 10.5 Å². The highest BCUT2D eigenvalue weighted by molar-refractivity contribution is 6.53. The molecule has 0 radical (unpaired) electrons. The highest BCUT2D eigenvalue weighted by Gasteiger charge is 2.39. The minimum Gasteiger partial charge on any atom is -0.350 e. The minimum atomic E-state index is -0.680. The standard InChI is InChI=1S/C24H17Cl2N3O3/c1-14-6-4-8-16(12-14)28-22(30)15-7-5-9-17(13-15)27-21-20(26)23(31)29(24(21)32)19-11-3-2-10-18(19)25/h2-13,27H,1H3,(H,28,30). The van der Waals surface area contributed by atoms with Gasteiger partial charge in [-0.05, 0) is 55.0 Å². The molecule has 3 aromatic carbocycles. The lowest BCUT2D eigenvalue weighted by Gasteiger charge is -2.16. The summed E-state index contributed by atoms with van der Waals surface area (Å²) in [4.78, 5) is 39.1. The summed E-state index contributed by atoms with van der Waals surface area (Å²) in [7, 11) is 0. The number of nitrogens with one attached hydrogen (secondary N) is 2. The molecule has 0 spiro atoms. The number of amides is 3. The lowest BCUT2D eigenvalue weighted by molar-refractivity contribution is -0.120. The van der Waals surface area contributed by atoms with Gasteiger partial charge in [-0.15, -0.1) is 0 Å². The van der Waals surface area contributed by atoms with Crippen LogP contribution in [0.25, 0.3) is 0 Å². The van der Waals surface area contributed by atoms with E-state index in [1.54, 1.807) is 54.6 Å². The molecule has 32 heavy (non-hydrogen) atoms. The monoisotopic (exact) mass is 465 g/mol. The van der Waals surface area contributed by atoms with E-state index in [4.69, 9.17) is 23.2 Å². The summed E-state index contributed by atoms with van der Waals surface area (Å²) >= 11 is 12.3. The fourth-order valence-corrected chi connectivity index (χ4v) is 3.70. The third kappa shape index (κ3) is 4.23. The van der Waals surface area contributed by atoms with Crippen molar-refractivity contribution in [3.63, 3.8) is 0 Å². The summed E-state index contributed by atoms with van der Waals surface area (Å²) in [5, 5.41) is 5.69. The van der Waals surface area contributed by atoms with Crippen molar-refractivity contribution in [3.05, 3.63) is 99.7 Å². The van der Waals surface area contributed by atoms with Crippen LogP contribution in [-0.4, -0.2) is 17.7 Å². The average molecular weight is 466 g/mol. The van der Waals surface area contributed by atoms with E-state index in [9.17, 15) is 14.4 Å². The molecule has 1 aliphatic rings. The maximum atomic E-state index is 12.9. The van der Waals surface area contributed by atoms with Gasteiger partial charge in [0.25, 0.3) is 17.7 Å². The van der Waals surface area contributed by atoms with Gasteiger partial charge in [0, 0.05) is 16.9 Å². The first-order valence-electron chi connectivity index (χ1n) is 9.63. The van der Waals surface area contributed by atoms with Crippen molar-refractivity contribution < 1.29 is 14.4 Å². The summed E-state index contributed by atoms with van der Waals surface area (Å²) in [6.07, 6.45) is 0. The molecule has 160 valence electrons. The van der Waals surface area contributed by atoms with E-state index in [1.807, 2.05) is 25.1 Å². The molecule has 1 aliphatic heterocycles. The van der Waals surface area contributed by atoms with Gasteiger partial charge >= 0.3 is 0 Å². The number of aryl methyl sites for hydroxylation is 1. The normalized spacial score (nSPS) is 13.5. The van der Waals surface area contributed by atoms with Gasteiger partial charge < -0.3 is 10.6 Å². The Labute approximate surface area is 194 Å². The van der Waals surface area contributed by atoms with Gasteiger partial charge in [-0.2, -0.15) is 0 Å². The molecule has 3 aromatic rings. The fraction of sp³-hybridized carbons (Fsp3) is 0.0417. The van der Waals surface area contributed by atoms with Crippen molar-refractivity contribution in [1.82, 2.24) is 0 Å². The van der Waals surface area contributed by atoms with Crippen LogP contribution in [0.5, 0.6) is 0 Å². The highest BCUT2D eigenvalue weighted by Crippen LogP contribution is 2.34. The smallest absolute Gasteiger partial charge is 0.283 e. The second kappa shape index (κ2) is 8.86. The van der Waals surface area contributed by atoms with Crippen molar-refractivity contribution in [1.29, 1.82) is 0 Å². The average Bonchev–Trinajstić information content (AvgIpc) is 2.98. The molecule has 0 bridgehead atoms. The number of rotatable bonds is 5. The highest BCUT2D eigenvalue weighted by atomic mass is 35.5. The van der Waals surface area contributed by atoms with Gasteiger partial charge in [0.15, 0.2) is 0 Å². The SMILES string of the molecule is Cc1cccc(NC(=O)c2cccc(NC3=C(Cl)C(=O)N(c4ccccc4Cl)C3=O)c2)c1. The third-order valence-electron chi connectivity index (χ3n) is 4.79. The van der Waals surface area contributed by atoms with Gasteiger partial charge in [-0.3, -0.25) is 14.4 Å². The van der Waals surface area contributed by atoms with Crippen LogP contribution in [0.2, 0.25) is 5.02 Å². The maximum Gasteiger partial charge on any atom is 0.283 e. The zero-order chi connectivity index (χ0) is 22.8. The number of imide groups is 1. The Morgan fingerprint density at radius 2 is 1.56 bits per heavy atom. The molecule has 0 saturated carbocycles. The molecular weight excluding hydrogens is 449 g/mol. The molecule has 0 aromatic heterocycles. The van der Waals surface area contributed by atoms with Crippen LogP contribution in [0, 0.1) is 6.92 Å². The van der Waals surface area contributed by atoms with Crippen LogP contribution >= 0.6 is 23.2 Å². The number of hydrogen-bond donors (Lipinski definition) is 2. The van der Waals surface area contributed by atoms with Crippen LogP contribution < -0.4 is 15.5 Å². The summed E-state index contributed by atoms with van der Waals surface area (Å²) in [6, 6.07) is 20.5. The van der Waals surface area contributed by atoms with Gasteiger partial charge in [0.1, 0.15) is 10.7 Å². The van der Waals surface area contributed by atoms with Gasteiger partial charge in [0.05, 0.1) is 10.7 Å². The Morgan fingerprint density at radius 3 is 2.31 bits per heavy atom. The molecule has 4 rings (SSSR count). The van der Waals surface area contributed by atoms with E-state index < -0.39 is 11.8 Å². The van der Waals surface area contributed by atoms with Crippen molar-refractivity contribution in [3.8, 4) is 0 Å². The largest absolute Gasteiger partial charge is 0.350 e. The number of halogens is 2. The zero-order valence-corrected chi connectivity index (χ0v) is 18.4. The van der Waals surface area contributed by atoms with Gasteiger partial charge in [-0.25, -0.2) is 4.90 Å². The Balaban J connectivity index is 1.55. The van der Waals surface area contributed by atoms with Crippen molar-refractivity contribution in [2.75, 3.05) is 15.5 Å². The second-order valence-electron chi connectivity index (χ2n) is 7.12. The Kier molecular flexibility index (Phi) is 5.99. The lowest BCUT2D eigenvalue weighted by atomic mass is 10.1. The Morgan fingerprint density at radius 1 is 0.844 bits per heavy atom. The van der Waals surface area contributed by atoms with E-state index >= 15 is 0 Å². The van der Waals surface area contributed by atoms with E-state index in [-0.39, 0.29) is 27.3 Å². The number of carbonyl (C=O) groups is 3. The molecule has 6 nitrogen and oxygen atoms in total. The first kappa shape index (κ1) is 21.6. The predicted octanol–water partition coefficient (Wildman–Crippen LogP) is 5.34. The van der Waals surface area contributed by atoms with Gasteiger partial charge in [-0.1, -0.05) is 53.5 Å². The molecule has 0 aliphatic carbocycles. The predicted molar refractivity (Wildman–Crippen MR) is 126 cm³/mol.